The molecule has 0 aliphatic heterocycles. The van der Waals surface area contributed by atoms with Crippen LogP contribution in [-0.4, -0.2) is 28.4 Å². The maximum absolute atomic E-state index is 11.6. The second kappa shape index (κ2) is 10.1. The largest absolute Gasteiger partial charge is 0.444 e. The summed E-state index contributed by atoms with van der Waals surface area (Å²) in [7, 11) is 0. The predicted octanol–water partition coefficient (Wildman–Crippen LogP) is 4.65. The van der Waals surface area contributed by atoms with Gasteiger partial charge in [0.25, 0.3) is 0 Å². The lowest BCUT2D eigenvalue weighted by Gasteiger charge is -2.19. The topological polar surface area (TPSA) is 103 Å². The number of unbranched alkanes of at least 4 members (excludes halogenated alkanes) is 1. The Bertz CT molecular complexity index is 801. The van der Waals surface area contributed by atoms with Crippen LogP contribution in [0.2, 0.25) is 0 Å². The summed E-state index contributed by atoms with van der Waals surface area (Å²) in [5.74, 6) is 1.09. The molecule has 0 unspecified atom stereocenters. The maximum Gasteiger partial charge on any atom is 0.407 e. The van der Waals surface area contributed by atoms with Crippen molar-refractivity contribution in [2.24, 2.45) is 5.73 Å². The second-order valence-electron chi connectivity index (χ2n) is 9.70. The van der Waals surface area contributed by atoms with Gasteiger partial charge in [0.15, 0.2) is 5.82 Å². The van der Waals surface area contributed by atoms with Crippen molar-refractivity contribution in [1.82, 2.24) is 15.5 Å². The van der Waals surface area contributed by atoms with Gasteiger partial charge in [-0.05, 0) is 56.6 Å². The van der Waals surface area contributed by atoms with E-state index in [0.29, 0.717) is 31.1 Å². The number of alkyl carbamates (subject to hydrolysis) is 1. The minimum atomic E-state index is -0.489. The molecule has 2 aromatic rings. The van der Waals surface area contributed by atoms with Gasteiger partial charge in [-0.2, -0.15) is 4.98 Å². The molecule has 166 valence electrons. The van der Waals surface area contributed by atoms with Gasteiger partial charge in [0.1, 0.15) is 5.60 Å². The van der Waals surface area contributed by atoms with E-state index in [1.165, 1.54) is 5.56 Å². The normalized spacial score (nSPS) is 13.2. The Kier molecular flexibility index (Phi) is 8.01. The number of nitrogens with two attached hydrogens (primary N) is 1. The number of rotatable bonds is 8. The minimum Gasteiger partial charge on any atom is -0.444 e. The predicted molar refractivity (Wildman–Crippen MR) is 117 cm³/mol. The first-order chi connectivity index (χ1) is 13.9. The summed E-state index contributed by atoms with van der Waals surface area (Å²) in [5, 5.41) is 6.81. The molecule has 0 saturated carbocycles. The van der Waals surface area contributed by atoms with Gasteiger partial charge in [-0.15, -0.1) is 0 Å². The lowest BCUT2D eigenvalue weighted by Crippen LogP contribution is -2.33. The van der Waals surface area contributed by atoms with Crippen LogP contribution in [0.3, 0.4) is 0 Å². The van der Waals surface area contributed by atoms with Crippen molar-refractivity contribution in [2.45, 2.75) is 84.3 Å². The molecular weight excluding hydrogens is 380 g/mol. The molecule has 0 spiro atoms. The minimum absolute atomic E-state index is 0.132. The van der Waals surface area contributed by atoms with Crippen LogP contribution in [0.1, 0.15) is 89.7 Å². The molecule has 1 amide bonds. The van der Waals surface area contributed by atoms with Gasteiger partial charge in [-0.25, -0.2) is 4.79 Å². The molecule has 0 saturated heterocycles. The summed E-state index contributed by atoms with van der Waals surface area (Å²) in [6, 6.07) is 8.19. The molecule has 0 bridgehead atoms. The van der Waals surface area contributed by atoms with Gasteiger partial charge in [-0.1, -0.05) is 50.2 Å². The van der Waals surface area contributed by atoms with E-state index in [-0.39, 0.29) is 11.5 Å². The molecule has 1 aromatic heterocycles. The molecule has 7 heteroatoms. The molecule has 0 fully saturated rings. The van der Waals surface area contributed by atoms with Crippen molar-refractivity contribution < 1.29 is 14.1 Å². The molecular formula is C23H36N4O3. The van der Waals surface area contributed by atoms with Crippen LogP contribution in [0, 0.1) is 0 Å². The van der Waals surface area contributed by atoms with Crippen molar-refractivity contribution in [1.29, 1.82) is 0 Å². The highest BCUT2D eigenvalue weighted by Gasteiger charge is 2.17. The average Bonchev–Trinajstić information content (AvgIpc) is 3.08. The van der Waals surface area contributed by atoms with Gasteiger partial charge in [-0.3, -0.25) is 0 Å². The van der Waals surface area contributed by atoms with Crippen LogP contribution in [0.4, 0.5) is 4.79 Å². The Morgan fingerprint density at radius 2 is 1.80 bits per heavy atom. The standard InChI is InChI=1S/C23H36N4O3/c1-22(2,3)17-12-10-16(11-13-17)15-19-26-20(30-27-19)18(24)9-7-8-14-25-21(28)29-23(4,5)6/h10-13,18H,7-9,14-15,24H2,1-6H3,(H,25,28)/t18-/m0/s1. The number of benzene rings is 1. The first-order valence-corrected chi connectivity index (χ1v) is 10.6. The van der Waals surface area contributed by atoms with E-state index >= 15 is 0 Å². The fourth-order valence-corrected chi connectivity index (χ4v) is 2.91. The number of ether oxygens (including phenoxy) is 1. The number of nitrogens with zero attached hydrogens (tertiary/aromatic N) is 2. The summed E-state index contributed by atoms with van der Waals surface area (Å²) >= 11 is 0. The number of hydrogen-bond acceptors (Lipinski definition) is 6. The highest BCUT2D eigenvalue weighted by atomic mass is 16.6. The Hall–Kier alpha value is -2.41. The number of hydrogen-bond donors (Lipinski definition) is 2. The van der Waals surface area contributed by atoms with Gasteiger partial charge >= 0.3 is 6.09 Å². The summed E-state index contributed by atoms with van der Waals surface area (Å²) in [4.78, 5) is 16.1. The quantitative estimate of drug-likeness (QED) is 0.607. The van der Waals surface area contributed by atoms with Gasteiger partial charge in [0.2, 0.25) is 5.89 Å². The Morgan fingerprint density at radius 1 is 1.13 bits per heavy atom. The fourth-order valence-electron chi connectivity index (χ4n) is 2.91. The SMILES string of the molecule is CC(C)(C)OC(=O)NCCCC[C@H](N)c1nc(Cc2ccc(C(C)(C)C)cc2)no1. The Morgan fingerprint density at radius 3 is 2.40 bits per heavy atom. The molecule has 0 aliphatic carbocycles. The molecule has 0 aliphatic rings. The first kappa shape index (κ1) is 23.9. The summed E-state index contributed by atoms with van der Waals surface area (Å²) in [5.41, 5.74) is 8.26. The molecule has 1 atom stereocenters. The van der Waals surface area contributed by atoms with Crippen molar-refractivity contribution in [3.8, 4) is 0 Å². The summed E-state index contributed by atoms with van der Waals surface area (Å²) in [6.45, 7) is 12.6. The van der Waals surface area contributed by atoms with E-state index < -0.39 is 11.7 Å². The molecule has 7 nitrogen and oxygen atoms in total. The van der Waals surface area contributed by atoms with Crippen LogP contribution < -0.4 is 11.1 Å². The van der Waals surface area contributed by atoms with Crippen molar-refractivity contribution in [3.05, 3.63) is 47.1 Å². The van der Waals surface area contributed by atoms with Crippen molar-refractivity contribution in [3.63, 3.8) is 0 Å². The number of amides is 1. The third-order valence-electron chi connectivity index (χ3n) is 4.59. The zero-order valence-electron chi connectivity index (χ0n) is 19.1. The molecule has 30 heavy (non-hydrogen) atoms. The Labute approximate surface area is 179 Å². The number of aromatic nitrogens is 2. The third kappa shape index (κ3) is 8.14. The van der Waals surface area contributed by atoms with Crippen molar-refractivity contribution in [2.75, 3.05) is 6.54 Å². The zero-order valence-corrected chi connectivity index (χ0v) is 19.1. The average molecular weight is 417 g/mol. The fraction of sp³-hybridized carbons (Fsp3) is 0.609. The van der Waals surface area contributed by atoms with E-state index in [9.17, 15) is 4.79 Å². The lowest BCUT2D eigenvalue weighted by molar-refractivity contribution is 0.0527. The van der Waals surface area contributed by atoms with Crippen LogP contribution in [0.15, 0.2) is 28.8 Å². The van der Waals surface area contributed by atoms with E-state index in [4.69, 9.17) is 15.0 Å². The third-order valence-corrected chi connectivity index (χ3v) is 4.59. The van der Waals surface area contributed by atoms with Crippen LogP contribution in [-0.2, 0) is 16.6 Å². The molecule has 0 radical (unpaired) electrons. The number of carbonyl (C=O) groups excluding carboxylic acids is 1. The van der Waals surface area contributed by atoms with Crippen LogP contribution in [0.5, 0.6) is 0 Å². The smallest absolute Gasteiger partial charge is 0.407 e. The van der Waals surface area contributed by atoms with E-state index in [1.807, 2.05) is 20.8 Å². The molecule has 3 N–H and O–H groups in total. The maximum atomic E-state index is 11.6. The number of carbonyl (C=O) groups is 1. The highest BCUT2D eigenvalue weighted by Crippen LogP contribution is 2.23. The highest BCUT2D eigenvalue weighted by molar-refractivity contribution is 5.67. The molecule has 1 aromatic carbocycles. The molecule has 2 rings (SSSR count). The monoisotopic (exact) mass is 416 g/mol. The first-order valence-electron chi connectivity index (χ1n) is 10.6. The number of nitrogens with one attached hydrogen (secondary N) is 1. The second-order valence-corrected chi connectivity index (χ2v) is 9.70. The van der Waals surface area contributed by atoms with E-state index in [2.05, 4.69) is 60.5 Å². The zero-order chi connectivity index (χ0) is 22.4. The molecule has 1 heterocycles. The van der Waals surface area contributed by atoms with Gasteiger partial charge in [0.05, 0.1) is 6.04 Å². The van der Waals surface area contributed by atoms with Gasteiger partial charge in [0, 0.05) is 13.0 Å². The van der Waals surface area contributed by atoms with E-state index in [1.54, 1.807) is 0 Å². The lowest BCUT2D eigenvalue weighted by atomic mass is 9.86. The van der Waals surface area contributed by atoms with Crippen LogP contribution >= 0.6 is 0 Å². The van der Waals surface area contributed by atoms with Crippen molar-refractivity contribution >= 4 is 6.09 Å². The Balaban J connectivity index is 1.74. The summed E-state index contributed by atoms with van der Waals surface area (Å²) in [6.07, 6.45) is 2.55. The van der Waals surface area contributed by atoms with E-state index in [0.717, 1.165) is 18.4 Å². The van der Waals surface area contributed by atoms with Gasteiger partial charge < -0.3 is 20.3 Å². The summed E-state index contributed by atoms with van der Waals surface area (Å²) < 4.78 is 10.6. The van der Waals surface area contributed by atoms with Crippen LogP contribution in [0.25, 0.3) is 0 Å².